The lowest BCUT2D eigenvalue weighted by molar-refractivity contribution is 0.593. The number of nitrogens with zero attached hydrogens (tertiary/aromatic N) is 4. The highest BCUT2D eigenvalue weighted by Gasteiger charge is 2.01. The third kappa shape index (κ3) is 2.66. The van der Waals surface area contributed by atoms with E-state index in [1.165, 1.54) is 12.0 Å². The predicted octanol–water partition coefficient (Wildman–Crippen LogP) is 0.701. The lowest BCUT2D eigenvalue weighted by atomic mass is 10.4. The summed E-state index contributed by atoms with van der Waals surface area (Å²) in [6.45, 7) is 4.66. The van der Waals surface area contributed by atoms with Crippen LogP contribution in [0.3, 0.4) is 0 Å². The normalized spacial score (nSPS) is 10.8. The maximum atomic E-state index is 4.14. The molecule has 2 aromatic heterocycles. The van der Waals surface area contributed by atoms with Gasteiger partial charge >= 0.3 is 0 Å². The number of rotatable bonds is 6. The minimum Gasteiger partial charge on any atom is -0.333 e. The lowest BCUT2D eigenvalue weighted by Gasteiger charge is -2.06. The molecule has 0 aliphatic heterocycles. The zero-order valence-electron chi connectivity index (χ0n) is 9.35. The number of hydrogen-bond acceptors (Lipinski definition) is 4. The first kappa shape index (κ1) is 10.8. The van der Waals surface area contributed by atoms with Crippen LogP contribution in [-0.4, -0.2) is 24.7 Å². The first-order valence-corrected chi connectivity index (χ1v) is 5.44. The molecule has 86 valence electrons. The number of aryl methyl sites for hydroxylation is 1. The molecule has 0 fully saturated rings. The summed E-state index contributed by atoms with van der Waals surface area (Å²) in [5, 5.41) is 9.90. The molecule has 0 spiro atoms. The van der Waals surface area contributed by atoms with Crippen LogP contribution in [0.15, 0.2) is 18.9 Å². The molecule has 2 N–H and O–H groups in total. The van der Waals surface area contributed by atoms with Crippen molar-refractivity contribution in [3.63, 3.8) is 0 Å². The lowest BCUT2D eigenvalue weighted by Crippen LogP contribution is -2.16. The summed E-state index contributed by atoms with van der Waals surface area (Å²) in [5.41, 5.74) is 1.20. The van der Waals surface area contributed by atoms with Crippen molar-refractivity contribution in [1.82, 2.24) is 30.0 Å². The van der Waals surface area contributed by atoms with E-state index in [0.717, 1.165) is 25.3 Å². The van der Waals surface area contributed by atoms with E-state index in [-0.39, 0.29) is 0 Å². The minimum atomic E-state index is 0.692. The van der Waals surface area contributed by atoms with Gasteiger partial charge in [0.2, 0.25) is 0 Å². The van der Waals surface area contributed by atoms with E-state index in [0.29, 0.717) is 6.54 Å². The summed E-state index contributed by atoms with van der Waals surface area (Å²) in [7, 11) is 0. The molecule has 0 aromatic carbocycles. The van der Waals surface area contributed by atoms with Gasteiger partial charge in [0.15, 0.2) is 0 Å². The second-order valence-electron chi connectivity index (χ2n) is 3.61. The van der Waals surface area contributed by atoms with Crippen molar-refractivity contribution in [3.05, 3.63) is 30.4 Å². The van der Waals surface area contributed by atoms with Gasteiger partial charge in [-0.25, -0.2) is 9.97 Å². The average molecular weight is 220 g/mol. The van der Waals surface area contributed by atoms with Gasteiger partial charge in [0.1, 0.15) is 12.2 Å². The Bertz CT molecular complexity index is 405. The first-order valence-electron chi connectivity index (χ1n) is 5.44. The molecule has 0 bridgehead atoms. The first-order chi connectivity index (χ1) is 7.90. The SMILES string of the molecule is CCCn1cncc1CNCc1ncn[nH]1. The second-order valence-corrected chi connectivity index (χ2v) is 3.61. The van der Waals surface area contributed by atoms with E-state index >= 15 is 0 Å². The van der Waals surface area contributed by atoms with Crippen LogP contribution < -0.4 is 5.32 Å². The minimum absolute atomic E-state index is 0.692. The van der Waals surface area contributed by atoms with Gasteiger partial charge in [-0.1, -0.05) is 6.92 Å². The van der Waals surface area contributed by atoms with Crippen LogP contribution in [0.4, 0.5) is 0 Å². The summed E-state index contributed by atoms with van der Waals surface area (Å²) in [6, 6.07) is 0. The average Bonchev–Trinajstić information content (AvgIpc) is 2.91. The monoisotopic (exact) mass is 220 g/mol. The van der Waals surface area contributed by atoms with Crippen LogP contribution in [0.25, 0.3) is 0 Å². The van der Waals surface area contributed by atoms with Crippen LogP contribution in [-0.2, 0) is 19.6 Å². The van der Waals surface area contributed by atoms with Crippen LogP contribution in [0.2, 0.25) is 0 Å². The van der Waals surface area contributed by atoms with Crippen molar-refractivity contribution in [2.45, 2.75) is 33.0 Å². The topological polar surface area (TPSA) is 71.4 Å². The Hall–Kier alpha value is -1.69. The summed E-state index contributed by atoms with van der Waals surface area (Å²) < 4.78 is 2.16. The van der Waals surface area contributed by atoms with Crippen LogP contribution in [0.1, 0.15) is 24.9 Å². The number of imidazole rings is 1. The molecule has 6 heteroatoms. The number of hydrogen-bond donors (Lipinski definition) is 2. The highest BCUT2D eigenvalue weighted by atomic mass is 15.2. The van der Waals surface area contributed by atoms with E-state index in [2.05, 4.69) is 37.0 Å². The van der Waals surface area contributed by atoms with E-state index < -0.39 is 0 Å². The molecule has 0 saturated heterocycles. The van der Waals surface area contributed by atoms with Crippen molar-refractivity contribution < 1.29 is 0 Å². The number of aromatic nitrogens is 5. The van der Waals surface area contributed by atoms with E-state index in [9.17, 15) is 0 Å². The quantitative estimate of drug-likeness (QED) is 0.751. The van der Waals surface area contributed by atoms with Crippen molar-refractivity contribution in [2.75, 3.05) is 0 Å². The van der Waals surface area contributed by atoms with Crippen molar-refractivity contribution in [2.24, 2.45) is 0 Å². The Morgan fingerprint density at radius 2 is 2.38 bits per heavy atom. The molecule has 2 rings (SSSR count). The summed E-state index contributed by atoms with van der Waals surface area (Å²) in [5.74, 6) is 0.849. The summed E-state index contributed by atoms with van der Waals surface area (Å²) in [4.78, 5) is 8.19. The zero-order chi connectivity index (χ0) is 11.2. The second kappa shape index (κ2) is 5.41. The number of H-pyrrole nitrogens is 1. The van der Waals surface area contributed by atoms with Gasteiger partial charge in [-0.3, -0.25) is 5.10 Å². The standard InChI is InChI=1S/C10H16N6/c1-2-3-16-8-12-5-9(16)4-11-6-10-13-7-14-15-10/h5,7-8,11H,2-4,6H2,1H3,(H,13,14,15). The van der Waals surface area contributed by atoms with Gasteiger partial charge < -0.3 is 9.88 Å². The highest BCUT2D eigenvalue weighted by Crippen LogP contribution is 2.00. The third-order valence-electron chi connectivity index (χ3n) is 2.33. The maximum Gasteiger partial charge on any atom is 0.138 e. The van der Waals surface area contributed by atoms with Crippen molar-refractivity contribution in [3.8, 4) is 0 Å². The molecule has 2 aromatic rings. The molecule has 0 atom stereocenters. The molecule has 2 heterocycles. The van der Waals surface area contributed by atoms with E-state index in [4.69, 9.17) is 0 Å². The van der Waals surface area contributed by atoms with Gasteiger partial charge in [0.25, 0.3) is 0 Å². The fourth-order valence-corrected chi connectivity index (χ4v) is 1.56. The highest BCUT2D eigenvalue weighted by molar-refractivity contribution is 4.98. The Balaban J connectivity index is 1.82. The number of nitrogens with one attached hydrogen (secondary N) is 2. The smallest absolute Gasteiger partial charge is 0.138 e. The molecular weight excluding hydrogens is 204 g/mol. The fourth-order valence-electron chi connectivity index (χ4n) is 1.56. The summed E-state index contributed by atoms with van der Waals surface area (Å²) in [6.07, 6.45) is 6.39. The Morgan fingerprint density at radius 1 is 1.44 bits per heavy atom. The predicted molar refractivity (Wildman–Crippen MR) is 59.4 cm³/mol. The van der Waals surface area contributed by atoms with Gasteiger partial charge in [-0.15, -0.1) is 0 Å². The Kier molecular flexibility index (Phi) is 3.66. The largest absolute Gasteiger partial charge is 0.333 e. The van der Waals surface area contributed by atoms with Crippen molar-refractivity contribution >= 4 is 0 Å². The summed E-state index contributed by atoms with van der Waals surface area (Å²) >= 11 is 0. The molecule has 16 heavy (non-hydrogen) atoms. The third-order valence-corrected chi connectivity index (χ3v) is 2.33. The van der Waals surface area contributed by atoms with Crippen molar-refractivity contribution in [1.29, 1.82) is 0 Å². The van der Waals surface area contributed by atoms with Gasteiger partial charge in [-0.2, -0.15) is 5.10 Å². The van der Waals surface area contributed by atoms with Gasteiger partial charge in [0, 0.05) is 19.3 Å². The molecule has 6 nitrogen and oxygen atoms in total. The molecule has 0 aliphatic rings. The van der Waals surface area contributed by atoms with Crippen LogP contribution in [0, 0.1) is 0 Å². The van der Waals surface area contributed by atoms with Gasteiger partial charge in [0.05, 0.1) is 18.6 Å². The zero-order valence-corrected chi connectivity index (χ0v) is 9.35. The van der Waals surface area contributed by atoms with Crippen LogP contribution in [0.5, 0.6) is 0 Å². The van der Waals surface area contributed by atoms with Crippen LogP contribution >= 0.6 is 0 Å². The molecule has 0 aliphatic carbocycles. The maximum absolute atomic E-state index is 4.14. The molecule has 0 radical (unpaired) electrons. The van der Waals surface area contributed by atoms with Gasteiger partial charge in [-0.05, 0) is 6.42 Å². The van der Waals surface area contributed by atoms with E-state index in [1.54, 1.807) is 0 Å². The molecular formula is C10H16N6. The Labute approximate surface area is 94.1 Å². The van der Waals surface area contributed by atoms with E-state index in [1.807, 2.05) is 12.5 Å². The Morgan fingerprint density at radius 3 is 3.12 bits per heavy atom. The molecule has 0 amide bonds. The molecule has 0 unspecified atom stereocenters. The fraction of sp³-hybridized carbons (Fsp3) is 0.500. The number of aromatic amines is 1. The molecule has 0 saturated carbocycles.